The zero-order chi connectivity index (χ0) is 8.81. The molecule has 0 bridgehead atoms. The number of nitrogens with zero attached hydrogens (tertiary/aromatic N) is 2. The smallest absolute Gasteiger partial charge is 0.0485 e. The summed E-state index contributed by atoms with van der Waals surface area (Å²) in [5, 5.41) is 0. The number of hydrogen-bond donors (Lipinski definition) is 0. The molecule has 0 aromatic carbocycles. The Labute approximate surface area is 75.0 Å². The summed E-state index contributed by atoms with van der Waals surface area (Å²) in [6, 6.07) is 0. The summed E-state index contributed by atoms with van der Waals surface area (Å²) >= 11 is 0. The number of rotatable bonds is 4. The van der Waals surface area contributed by atoms with Crippen molar-refractivity contribution in [2.45, 2.75) is 20.3 Å². The summed E-state index contributed by atoms with van der Waals surface area (Å²) in [5.74, 6) is 0. The van der Waals surface area contributed by atoms with Gasteiger partial charge in [-0.3, -0.25) is 9.89 Å². The van der Waals surface area contributed by atoms with Gasteiger partial charge in [0, 0.05) is 18.8 Å². The van der Waals surface area contributed by atoms with E-state index in [1.807, 2.05) is 0 Å². The second kappa shape index (κ2) is 5.09. The van der Waals surface area contributed by atoms with E-state index in [-0.39, 0.29) is 0 Å². The van der Waals surface area contributed by atoms with Gasteiger partial charge in [-0.1, -0.05) is 19.9 Å². The molecule has 0 saturated carbocycles. The number of aliphatic imine (C=N–C) groups is 1. The Hall–Kier alpha value is -0.630. The van der Waals surface area contributed by atoms with E-state index in [2.05, 4.69) is 35.9 Å². The molecule has 12 heavy (non-hydrogen) atoms. The molecule has 0 amide bonds. The third kappa shape index (κ3) is 2.78. The average molecular weight is 166 g/mol. The third-order valence-corrected chi connectivity index (χ3v) is 2.20. The van der Waals surface area contributed by atoms with E-state index < -0.39 is 0 Å². The first-order valence-electron chi connectivity index (χ1n) is 4.79. The number of dihydropyridines is 1. The fourth-order valence-corrected chi connectivity index (χ4v) is 1.33. The minimum absolute atomic E-state index is 0.979. The van der Waals surface area contributed by atoms with Gasteiger partial charge in [0.15, 0.2) is 0 Å². The lowest BCUT2D eigenvalue weighted by Gasteiger charge is -2.18. The van der Waals surface area contributed by atoms with Crippen molar-refractivity contribution in [3.8, 4) is 0 Å². The molecule has 1 aliphatic rings. The molecular formula is C10H18N2. The summed E-state index contributed by atoms with van der Waals surface area (Å²) in [5.41, 5.74) is 1.24. The second-order valence-electron chi connectivity index (χ2n) is 3.03. The van der Waals surface area contributed by atoms with Crippen molar-refractivity contribution in [2.75, 3.05) is 26.2 Å². The molecule has 0 N–H and O–H groups in total. The van der Waals surface area contributed by atoms with Crippen molar-refractivity contribution in [1.29, 1.82) is 0 Å². The maximum absolute atomic E-state index is 4.45. The van der Waals surface area contributed by atoms with Crippen molar-refractivity contribution >= 4 is 5.71 Å². The van der Waals surface area contributed by atoms with E-state index in [0.717, 1.165) is 32.6 Å². The predicted molar refractivity (Wildman–Crippen MR) is 53.8 cm³/mol. The largest absolute Gasteiger partial charge is 0.298 e. The van der Waals surface area contributed by atoms with Crippen LogP contribution in [-0.4, -0.2) is 36.8 Å². The van der Waals surface area contributed by atoms with Gasteiger partial charge in [-0.2, -0.15) is 0 Å². The number of hydrogen-bond acceptors (Lipinski definition) is 2. The minimum atomic E-state index is 0.979. The third-order valence-electron chi connectivity index (χ3n) is 2.20. The van der Waals surface area contributed by atoms with Crippen molar-refractivity contribution in [1.82, 2.24) is 4.90 Å². The van der Waals surface area contributed by atoms with E-state index in [1.54, 1.807) is 0 Å². The van der Waals surface area contributed by atoms with Gasteiger partial charge >= 0.3 is 0 Å². The standard InChI is InChI=1S/C10H18N2/c1-3-12(4-2)9-10-7-5-6-8-11-10/h5,7H,3-4,6,8-9H2,1-2H3. The van der Waals surface area contributed by atoms with Gasteiger partial charge in [0.2, 0.25) is 0 Å². The van der Waals surface area contributed by atoms with Crippen LogP contribution in [0.1, 0.15) is 20.3 Å². The van der Waals surface area contributed by atoms with E-state index in [9.17, 15) is 0 Å². The van der Waals surface area contributed by atoms with Crippen LogP contribution in [0.4, 0.5) is 0 Å². The first-order valence-corrected chi connectivity index (χ1v) is 4.79. The summed E-state index contributed by atoms with van der Waals surface area (Å²) in [4.78, 5) is 6.84. The van der Waals surface area contributed by atoms with Crippen LogP contribution in [0.3, 0.4) is 0 Å². The Balaban J connectivity index is 2.38. The van der Waals surface area contributed by atoms with Crippen LogP contribution in [0.5, 0.6) is 0 Å². The topological polar surface area (TPSA) is 15.6 Å². The van der Waals surface area contributed by atoms with E-state index in [4.69, 9.17) is 0 Å². The first kappa shape index (κ1) is 9.46. The van der Waals surface area contributed by atoms with Crippen LogP contribution >= 0.6 is 0 Å². The Morgan fingerprint density at radius 1 is 1.42 bits per heavy atom. The van der Waals surface area contributed by atoms with Crippen molar-refractivity contribution in [2.24, 2.45) is 4.99 Å². The van der Waals surface area contributed by atoms with Gasteiger partial charge in [0.25, 0.3) is 0 Å². The molecular weight excluding hydrogens is 148 g/mol. The Morgan fingerprint density at radius 2 is 2.17 bits per heavy atom. The first-order chi connectivity index (χ1) is 5.86. The zero-order valence-electron chi connectivity index (χ0n) is 8.08. The van der Waals surface area contributed by atoms with Gasteiger partial charge < -0.3 is 0 Å². The van der Waals surface area contributed by atoms with Gasteiger partial charge in [-0.15, -0.1) is 0 Å². The second-order valence-corrected chi connectivity index (χ2v) is 3.03. The van der Waals surface area contributed by atoms with E-state index in [0.29, 0.717) is 0 Å². The van der Waals surface area contributed by atoms with Gasteiger partial charge in [0.1, 0.15) is 0 Å². The maximum Gasteiger partial charge on any atom is 0.0485 e. The van der Waals surface area contributed by atoms with Crippen LogP contribution in [0.25, 0.3) is 0 Å². The molecule has 0 saturated heterocycles. The van der Waals surface area contributed by atoms with Crippen LogP contribution in [0, 0.1) is 0 Å². The van der Waals surface area contributed by atoms with E-state index >= 15 is 0 Å². The Morgan fingerprint density at radius 3 is 2.67 bits per heavy atom. The highest BCUT2D eigenvalue weighted by atomic mass is 15.1. The summed E-state index contributed by atoms with van der Waals surface area (Å²) in [7, 11) is 0. The molecule has 0 unspecified atom stereocenters. The quantitative estimate of drug-likeness (QED) is 0.621. The highest BCUT2D eigenvalue weighted by Crippen LogP contribution is 1.98. The van der Waals surface area contributed by atoms with Gasteiger partial charge in [0.05, 0.1) is 0 Å². The molecule has 2 heteroatoms. The lowest BCUT2D eigenvalue weighted by atomic mass is 10.2. The summed E-state index contributed by atoms with van der Waals surface area (Å²) in [6.45, 7) is 8.61. The fraction of sp³-hybridized carbons (Fsp3) is 0.700. The van der Waals surface area contributed by atoms with Crippen LogP contribution in [0.15, 0.2) is 17.1 Å². The average Bonchev–Trinajstić information content (AvgIpc) is 2.16. The molecule has 0 aromatic heterocycles. The van der Waals surface area contributed by atoms with Crippen LogP contribution < -0.4 is 0 Å². The van der Waals surface area contributed by atoms with Crippen molar-refractivity contribution in [3.05, 3.63) is 12.2 Å². The lowest BCUT2D eigenvalue weighted by molar-refractivity contribution is 0.347. The van der Waals surface area contributed by atoms with Crippen molar-refractivity contribution < 1.29 is 0 Å². The summed E-state index contributed by atoms with van der Waals surface area (Å²) in [6.07, 6.45) is 5.48. The van der Waals surface area contributed by atoms with Gasteiger partial charge in [-0.05, 0) is 25.6 Å². The SMILES string of the molecule is CCN(CC)CC1=NCCC=C1. The molecule has 68 valence electrons. The lowest BCUT2D eigenvalue weighted by Crippen LogP contribution is -2.29. The normalized spacial score (nSPS) is 16.8. The fourth-order valence-electron chi connectivity index (χ4n) is 1.33. The van der Waals surface area contributed by atoms with E-state index in [1.165, 1.54) is 5.71 Å². The zero-order valence-corrected chi connectivity index (χ0v) is 8.08. The highest BCUT2D eigenvalue weighted by molar-refractivity contribution is 5.97. The van der Waals surface area contributed by atoms with Crippen LogP contribution in [-0.2, 0) is 0 Å². The molecule has 2 nitrogen and oxygen atoms in total. The van der Waals surface area contributed by atoms with Crippen LogP contribution in [0.2, 0.25) is 0 Å². The highest BCUT2D eigenvalue weighted by Gasteiger charge is 2.03. The van der Waals surface area contributed by atoms with Gasteiger partial charge in [-0.25, -0.2) is 0 Å². The molecule has 0 radical (unpaired) electrons. The molecule has 1 aliphatic heterocycles. The maximum atomic E-state index is 4.45. The summed E-state index contributed by atoms with van der Waals surface area (Å²) < 4.78 is 0. The van der Waals surface area contributed by atoms with Crippen molar-refractivity contribution in [3.63, 3.8) is 0 Å². The molecule has 0 fully saturated rings. The Kier molecular flexibility index (Phi) is 4.01. The minimum Gasteiger partial charge on any atom is -0.298 e. The molecule has 0 aliphatic carbocycles. The molecule has 0 aromatic rings. The predicted octanol–water partition coefficient (Wildman–Crippen LogP) is 1.73. The monoisotopic (exact) mass is 166 g/mol. The molecule has 0 atom stereocenters. The molecule has 1 rings (SSSR count). The molecule has 0 spiro atoms. The Bertz CT molecular complexity index is 178. The molecule has 1 heterocycles.